The van der Waals surface area contributed by atoms with Gasteiger partial charge in [-0.05, 0) is 62.0 Å². The van der Waals surface area contributed by atoms with Gasteiger partial charge in [0.2, 0.25) is 0 Å². The lowest BCUT2D eigenvalue weighted by Crippen LogP contribution is -2.00. The minimum atomic E-state index is 0.625. The molecular weight excluding hydrogens is 623 g/mol. The Bertz CT molecular complexity index is 2900. The average molecular weight is 652 g/mol. The fourth-order valence-corrected chi connectivity index (χ4v) is 7.27. The van der Waals surface area contributed by atoms with Crippen LogP contribution in [-0.2, 0) is 0 Å². The molecule has 8 aromatic carbocycles. The maximum atomic E-state index is 6.36. The van der Waals surface area contributed by atoms with E-state index in [0.717, 1.165) is 60.5 Å². The molecule has 0 radical (unpaired) electrons. The molecule has 0 saturated heterocycles. The molecule has 0 aliphatic carbocycles. The summed E-state index contributed by atoms with van der Waals surface area (Å²) >= 11 is 0. The van der Waals surface area contributed by atoms with Gasteiger partial charge in [-0.1, -0.05) is 158 Å². The van der Waals surface area contributed by atoms with Crippen LogP contribution in [0.2, 0.25) is 0 Å². The van der Waals surface area contributed by atoms with E-state index in [9.17, 15) is 0 Å². The molecule has 238 valence electrons. The van der Waals surface area contributed by atoms with Crippen molar-refractivity contribution >= 4 is 43.5 Å². The summed E-state index contributed by atoms with van der Waals surface area (Å²) in [6.07, 6.45) is 0. The predicted molar refractivity (Wildman–Crippen MR) is 209 cm³/mol. The van der Waals surface area contributed by atoms with Gasteiger partial charge < -0.3 is 4.42 Å². The Kier molecular flexibility index (Phi) is 6.78. The number of hydrogen-bond acceptors (Lipinski definition) is 4. The molecule has 0 aliphatic heterocycles. The summed E-state index contributed by atoms with van der Waals surface area (Å²) in [6.45, 7) is 0. The van der Waals surface area contributed by atoms with Crippen LogP contribution in [-0.4, -0.2) is 15.0 Å². The highest BCUT2D eigenvalue weighted by molar-refractivity contribution is 6.15. The first-order valence-corrected chi connectivity index (χ1v) is 17.1. The Morgan fingerprint density at radius 1 is 0.314 bits per heavy atom. The summed E-state index contributed by atoms with van der Waals surface area (Å²) in [4.78, 5) is 15.2. The summed E-state index contributed by atoms with van der Waals surface area (Å²) in [5.74, 6) is 1.90. The number of rotatable bonds is 5. The standard InChI is InChI=1S/C47H29N3O/c1-3-12-30(13-4-1)36-18-9-21-39-38(36)20-10-22-40(39)47-49-45(32-14-5-2-6-15-32)48-46(50-47)33-26-24-31(25-27-33)37-19-11-23-42-44(37)41-28-34-16-7-8-17-35(34)29-43(41)51-42/h1-29H. The first-order chi connectivity index (χ1) is 25.3. The zero-order valence-electron chi connectivity index (χ0n) is 27.5. The quantitative estimate of drug-likeness (QED) is 0.186. The summed E-state index contributed by atoms with van der Waals surface area (Å²) in [7, 11) is 0. The Morgan fingerprint density at radius 3 is 1.55 bits per heavy atom. The van der Waals surface area contributed by atoms with E-state index in [4.69, 9.17) is 19.4 Å². The van der Waals surface area contributed by atoms with E-state index in [1.165, 1.54) is 21.9 Å². The lowest BCUT2D eigenvalue weighted by molar-refractivity contribution is 0.669. The van der Waals surface area contributed by atoms with Crippen LogP contribution in [0, 0.1) is 0 Å². The van der Waals surface area contributed by atoms with E-state index >= 15 is 0 Å². The Labute approximate surface area is 294 Å². The van der Waals surface area contributed by atoms with Crippen molar-refractivity contribution in [3.63, 3.8) is 0 Å². The van der Waals surface area contributed by atoms with Gasteiger partial charge in [-0.25, -0.2) is 15.0 Å². The third kappa shape index (κ3) is 5.04. The fraction of sp³-hybridized carbons (Fsp3) is 0. The molecule has 0 atom stereocenters. The highest BCUT2D eigenvalue weighted by Crippen LogP contribution is 2.39. The second-order valence-corrected chi connectivity index (χ2v) is 12.8. The second-order valence-electron chi connectivity index (χ2n) is 12.8. The Hall–Kier alpha value is -6.91. The molecule has 10 aromatic rings. The van der Waals surface area contributed by atoms with E-state index in [1.807, 2.05) is 42.5 Å². The van der Waals surface area contributed by atoms with Gasteiger partial charge in [0.25, 0.3) is 0 Å². The van der Waals surface area contributed by atoms with Gasteiger partial charge in [0, 0.05) is 27.5 Å². The number of fused-ring (bicyclic) bond motifs is 5. The lowest BCUT2D eigenvalue weighted by atomic mass is 9.95. The van der Waals surface area contributed by atoms with Gasteiger partial charge in [0.05, 0.1) is 0 Å². The topological polar surface area (TPSA) is 51.8 Å². The Morgan fingerprint density at radius 2 is 0.824 bits per heavy atom. The minimum absolute atomic E-state index is 0.625. The molecule has 0 N–H and O–H groups in total. The molecule has 0 saturated carbocycles. The molecule has 0 unspecified atom stereocenters. The molecule has 0 amide bonds. The minimum Gasteiger partial charge on any atom is -0.456 e. The maximum absolute atomic E-state index is 6.36. The smallest absolute Gasteiger partial charge is 0.164 e. The third-order valence-electron chi connectivity index (χ3n) is 9.73. The number of nitrogens with zero attached hydrogens (tertiary/aromatic N) is 3. The summed E-state index contributed by atoms with van der Waals surface area (Å²) in [6, 6.07) is 61.0. The maximum Gasteiger partial charge on any atom is 0.164 e. The van der Waals surface area contributed by atoms with Crippen LogP contribution >= 0.6 is 0 Å². The van der Waals surface area contributed by atoms with Gasteiger partial charge in [-0.3, -0.25) is 0 Å². The highest BCUT2D eigenvalue weighted by Gasteiger charge is 2.17. The first-order valence-electron chi connectivity index (χ1n) is 17.1. The molecule has 0 bridgehead atoms. The summed E-state index contributed by atoms with van der Waals surface area (Å²) < 4.78 is 6.36. The van der Waals surface area contributed by atoms with E-state index in [1.54, 1.807) is 0 Å². The van der Waals surface area contributed by atoms with Crippen LogP contribution in [0.4, 0.5) is 0 Å². The van der Waals surface area contributed by atoms with Crippen molar-refractivity contribution in [2.45, 2.75) is 0 Å². The molecule has 4 heteroatoms. The molecule has 10 rings (SSSR count). The van der Waals surface area contributed by atoms with E-state index < -0.39 is 0 Å². The molecule has 0 aliphatic rings. The second kappa shape index (κ2) is 11.9. The number of benzene rings is 8. The monoisotopic (exact) mass is 651 g/mol. The molecular formula is C47H29N3O. The van der Waals surface area contributed by atoms with Crippen molar-refractivity contribution in [1.82, 2.24) is 15.0 Å². The van der Waals surface area contributed by atoms with Crippen LogP contribution in [0.15, 0.2) is 180 Å². The zero-order chi connectivity index (χ0) is 33.7. The van der Waals surface area contributed by atoms with E-state index in [-0.39, 0.29) is 0 Å². The van der Waals surface area contributed by atoms with Crippen LogP contribution in [0.5, 0.6) is 0 Å². The number of furan rings is 1. The third-order valence-corrected chi connectivity index (χ3v) is 9.73. The van der Waals surface area contributed by atoms with Crippen molar-refractivity contribution in [3.8, 4) is 56.4 Å². The molecule has 51 heavy (non-hydrogen) atoms. The summed E-state index contributed by atoms with van der Waals surface area (Å²) in [5.41, 5.74) is 9.17. The summed E-state index contributed by atoms with van der Waals surface area (Å²) in [5, 5.41) is 6.84. The SMILES string of the molecule is c1ccc(-c2nc(-c3ccc(-c4cccc5oc6cc7ccccc7cc6c45)cc3)nc(-c3cccc4c(-c5ccccc5)cccc34)n2)cc1. The van der Waals surface area contributed by atoms with Crippen molar-refractivity contribution < 1.29 is 4.42 Å². The largest absolute Gasteiger partial charge is 0.456 e. The van der Waals surface area contributed by atoms with Crippen molar-refractivity contribution in [3.05, 3.63) is 176 Å². The highest BCUT2D eigenvalue weighted by atomic mass is 16.3. The molecule has 0 spiro atoms. The lowest BCUT2D eigenvalue weighted by Gasteiger charge is -2.13. The Balaban J connectivity index is 1.11. The van der Waals surface area contributed by atoms with Crippen molar-refractivity contribution in [2.24, 2.45) is 0 Å². The van der Waals surface area contributed by atoms with E-state index in [2.05, 4.69) is 133 Å². The van der Waals surface area contributed by atoms with Crippen molar-refractivity contribution in [2.75, 3.05) is 0 Å². The van der Waals surface area contributed by atoms with Gasteiger partial charge in [0.15, 0.2) is 17.5 Å². The number of aromatic nitrogens is 3. The molecule has 0 fully saturated rings. The van der Waals surface area contributed by atoms with Crippen LogP contribution in [0.3, 0.4) is 0 Å². The molecule has 4 nitrogen and oxygen atoms in total. The van der Waals surface area contributed by atoms with Crippen LogP contribution in [0.1, 0.15) is 0 Å². The molecule has 2 aromatic heterocycles. The average Bonchev–Trinajstić information content (AvgIpc) is 3.57. The van der Waals surface area contributed by atoms with Gasteiger partial charge in [0.1, 0.15) is 11.2 Å². The first kappa shape index (κ1) is 29.0. The zero-order valence-corrected chi connectivity index (χ0v) is 27.5. The molecule has 2 heterocycles. The van der Waals surface area contributed by atoms with Crippen LogP contribution in [0.25, 0.3) is 99.9 Å². The van der Waals surface area contributed by atoms with E-state index in [0.29, 0.717) is 17.5 Å². The van der Waals surface area contributed by atoms with Crippen LogP contribution < -0.4 is 0 Å². The number of hydrogen-bond donors (Lipinski definition) is 0. The van der Waals surface area contributed by atoms with Gasteiger partial charge in [-0.15, -0.1) is 0 Å². The predicted octanol–water partition coefficient (Wildman–Crippen LogP) is 12.4. The van der Waals surface area contributed by atoms with Gasteiger partial charge in [-0.2, -0.15) is 0 Å². The van der Waals surface area contributed by atoms with Crippen molar-refractivity contribution in [1.29, 1.82) is 0 Å². The normalized spacial score (nSPS) is 11.5. The fourth-order valence-electron chi connectivity index (χ4n) is 7.27. The van der Waals surface area contributed by atoms with Gasteiger partial charge >= 0.3 is 0 Å².